The summed E-state index contributed by atoms with van der Waals surface area (Å²) in [6, 6.07) is 10.4. The molecule has 1 aromatic carbocycles. The van der Waals surface area contributed by atoms with Gasteiger partial charge in [0.2, 0.25) is 11.1 Å². The molecule has 120 valence electrons. The highest BCUT2D eigenvalue weighted by Gasteiger charge is 2.33. The van der Waals surface area contributed by atoms with Crippen molar-refractivity contribution in [3.8, 4) is 0 Å². The van der Waals surface area contributed by atoms with Crippen LogP contribution in [0.25, 0.3) is 0 Å². The van der Waals surface area contributed by atoms with Crippen LogP contribution in [0.15, 0.2) is 35.5 Å². The lowest BCUT2D eigenvalue weighted by Gasteiger charge is -2.22. The average Bonchev–Trinajstić information content (AvgIpc) is 3.10. The first-order valence-electron chi connectivity index (χ1n) is 8.11. The van der Waals surface area contributed by atoms with Gasteiger partial charge in [0.25, 0.3) is 0 Å². The lowest BCUT2D eigenvalue weighted by molar-refractivity contribution is -0.129. The molecule has 7 heteroatoms. The number of tetrazole rings is 1. The molecule has 4 rings (SSSR count). The van der Waals surface area contributed by atoms with Gasteiger partial charge in [0.15, 0.2) is 0 Å². The van der Waals surface area contributed by atoms with E-state index in [4.69, 9.17) is 0 Å². The fraction of sp³-hybridized carbons (Fsp3) is 0.500. The molecule has 1 saturated carbocycles. The summed E-state index contributed by atoms with van der Waals surface area (Å²) in [4.78, 5) is 15.0. The number of carbonyl (C=O) groups is 1. The maximum atomic E-state index is 13.0. The number of hydrogen-bond acceptors (Lipinski definition) is 5. The molecule has 2 aromatic rings. The molecule has 1 aromatic heterocycles. The van der Waals surface area contributed by atoms with E-state index in [0.717, 1.165) is 49.5 Å². The first-order valence-corrected chi connectivity index (χ1v) is 8.99. The van der Waals surface area contributed by atoms with E-state index in [0.29, 0.717) is 6.04 Å². The third kappa shape index (κ3) is 3.10. The van der Waals surface area contributed by atoms with Gasteiger partial charge < -0.3 is 4.90 Å². The molecule has 0 bridgehead atoms. The zero-order valence-corrected chi connectivity index (χ0v) is 13.7. The van der Waals surface area contributed by atoms with Crippen molar-refractivity contribution in [2.24, 2.45) is 0 Å². The van der Waals surface area contributed by atoms with Gasteiger partial charge in [0, 0.05) is 13.1 Å². The van der Waals surface area contributed by atoms with E-state index in [9.17, 15) is 4.79 Å². The van der Waals surface area contributed by atoms with Gasteiger partial charge in [0.05, 0.1) is 6.04 Å². The summed E-state index contributed by atoms with van der Waals surface area (Å²) in [5, 5.41) is 12.5. The van der Waals surface area contributed by atoms with E-state index in [1.54, 1.807) is 0 Å². The topological polar surface area (TPSA) is 63.9 Å². The highest BCUT2D eigenvalue weighted by molar-refractivity contribution is 8.00. The predicted octanol–water partition coefficient (Wildman–Crippen LogP) is 2.46. The predicted molar refractivity (Wildman–Crippen MR) is 86.9 cm³/mol. The summed E-state index contributed by atoms with van der Waals surface area (Å²) in [5.74, 6) is 0.170. The fourth-order valence-corrected chi connectivity index (χ4v) is 4.04. The van der Waals surface area contributed by atoms with Gasteiger partial charge in [-0.15, -0.1) is 5.10 Å². The van der Waals surface area contributed by atoms with Crippen molar-refractivity contribution in [1.82, 2.24) is 25.1 Å². The molecule has 1 saturated heterocycles. The summed E-state index contributed by atoms with van der Waals surface area (Å²) < 4.78 is 1.87. The van der Waals surface area contributed by atoms with Crippen molar-refractivity contribution < 1.29 is 4.79 Å². The number of thioether (sulfide) groups is 1. The number of benzene rings is 1. The number of likely N-dealkylation sites (tertiary alicyclic amines) is 1. The molecule has 1 amide bonds. The second-order valence-electron chi connectivity index (χ2n) is 6.08. The largest absolute Gasteiger partial charge is 0.341 e. The van der Waals surface area contributed by atoms with Crippen LogP contribution in [-0.4, -0.2) is 44.1 Å². The van der Waals surface area contributed by atoms with Gasteiger partial charge >= 0.3 is 0 Å². The maximum Gasteiger partial charge on any atom is 0.240 e. The summed E-state index contributed by atoms with van der Waals surface area (Å²) in [7, 11) is 0. The third-order valence-electron chi connectivity index (χ3n) is 4.32. The van der Waals surface area contributed by atoms with Crippen LogP contribution in [0.4, 0.5) is 0 Å². The molecule has 0 N–H and O–H groups in total. The first-order chi connectivity index (χ1) is 11.3. The number of amides is 1. The molecule has 0 unspecified atom stereocenters. The number of rotatable bonds is 5. The van der Waals surface area contributed by atoms with Crippen molar-refractivity contribution in [3.05, 3.63) is 35.9 Å². The number of carbonyl (C=O) groups excluding carboxylic acids is 1. The van der Waals surface area contributed by atoms with Crippen molar-refractivity contribution >= 4 is 17.7 Å². The van der Waals surface area contributed by atoms with E-state index < -0.39 is 0 Å². The van der Waals surface area contributed by atoms with Crippen molar-refractivity contribution in [1.29, 1.82) is 0 Å². The molecule has 6 nitrogen and oxygen atoms in total. The van der Waals surface area contributed by atoms with Gasteiger partial charge in [-0.05, 0) is 41.7 Å². The molecule has 1 atom stereocenters. The Bertz CT molecular complexity index is 679. The van der Waals surface area contributed by atoms with E-state index in [1.165, 1.54) is 11.8 Å². The summed E-state index contributed by atoms with van der Waals surface area (Å²) in [5.41, 5.74) is 1.01. The lowest BCUT2D eigenvalue weighted by atomic mass is 10.1. The molecule has 1 aliphatic heterocycles. The van der Waals surface area contributed by atoms with Crippen molar-refractivity contribution in [3.63, 3.8) is 0 Å². The van der Waals surface area contributed by atoms with Crippen LogP contribution in [0.2, 0.25) is 0 Å². The number of aromatic nitrogens is 4. The molecule has 2 fully saturated rings. The Hall–Kier alpha value is -1.89. The quantitative estimate of drug-likeness (QED) is 0.789. The minimum absolute atomic E-state index is 0.170. The SMILES string of the molecule is O=C([C@@H](Sc1nnnn1C1CC1)c1ccccc1)N1CCCC1. The van der Waals surface area contributed by atoms with E-state index >= 15 is 0 Å². The molecule has 2 heterocycles. The van der Waals surface area contributed by atoms with Gasteiger partial charge in [-0.25, -0.2) is 4.68 Å². The molecule has 0 radical (unpaired) electrons. The minimum Gasteiger partial charge on any atom is -0.341 e. The number of nitrogens with zero attached hydrogens (tertiary/aromatic N) is 5. The zero-order valence-electron chi connectivity index (χ0n) is 12.8. The smallest absolute Gasteiger partial charge is 0.240 e. The lowest BCUT2D eigenvalue weighted by Crippen LogP contribution is -2.31. The van der Waals surface area contributed by atoms with E-state index in [1.807, 2.05) is 39.9 Å². The number of hydrogen-bond donors (Lipinski definition) is 0. The average molecular weight is 329 g/mol. The van der Waals surface area contributed by atoms with Crippen LogP contribution in [-0.2, 0) is 4.79 Å². The van der Waals surface area contributed by atoms with E-state index in [-0.39, 0.29) is 11.2 Å². The Balaban J connectivity index is 1.61. The molecule has 0 spiro atoms. The Morgan fingerprint density at radius 1 is 1.17 bits per heavy atom. The Morgan fingerprint density at radius 3 is 2.61 bits per heavy atom. The van der Waals surface area contributed by atoms with E-state index in [2.05, 4.69) is 15.5 Å². The monoisotopic (exact) mass is 329 g/mol. The second-order valence-corrected chi connectivity index (χ2v) is 7.15. The van der Waals surface area contributed by atoms with Gasteiger partial charge in [-0.1, -0.05) is 42.1 Å². The van der Waals surface area contributed by atoms with Crippen LogP contribution in [0.5, 0.6) is 0 Å². The highest BCUT2D eigenvalue weighted by Crippen LogP contribution is 2.41. The standard InChI is InChI=1S/C16H19N5OS/c22-15(20-10-4-5-11-20)14(12-6-2-1-3-7-12)23-16-17-18-19-21(16)13-8-9-13/h1-3,6-7,13-14H,4-5,8-11H2/t14-/m0/s1. The summed E-state index contributed by atoms with van der Waals surface area (Å²) in [6.45, 7) is 1.71. The van der Waals surface area contributed by atoms with Gasteiger partial charge in [-0.3, -0.25) is 4.79 Å². The summed E-state index contributed by atoms with van der Waals surface area (Å²) >= 11 is 1.47. The zero-order chi connectivity index (χ0) is 15.6. The summed E-state index contributed by atoms with van der Waals surface area (Å²) in [6.07, 6.45) is 4.43. The normalized spacial score (nSPS) is 19.0. The molecule has 1 aliphatic carbocycles. The third-order valence-corrected chi connectivity index (χ3v) is 5.51. The molecule has 2 aliphatic rings. The van der Waals surface area contributed by atoms with Gasteiger partial charge in [-0.2, -0.15) is 0 Å². The Kier molecular flexibility index (Phi) is 4.03. The first kappa shape index (κ1) is 14.7. The molecular formula is C16H19N5OS. The highest BCUT2D eigenvalue weighted by atomic mass is 32.2. The van der Waals surface area contributed by atoms with Gasteiger partial charge in [0.1, 0.15) is 5.25 Å². The Labute approximate surface area is 139 Å². The van der Waals surface area contributed by atoms with Crippen LogP contribution in [0.3, 0.4) is 0 Å². The molecular weight excluding hydrogens is 310 g/mol. The van der Waals surface area contributed by atoms with Crippen LogP contribution in [0, 0.1) is 0 Å². The maximum absolute atomic E-state index is 13.0. The fourth-order valence-electron chi connectivity index (χ4n) is 2.91. The Morgan fingerprint density at radius 2 is 1.91 bits per heavy atom. The van der Waals surface area contributed by atoms with Crippen molar-refractivity contribution in [2.45, 2.75) is 42.1 Å². The van der Waals surface area contributed by atoms with Crippen LogP contribution in [0.1, 0.15) is 42.5 Å². The second kappa shape index (κ2) is 6.31. The van der Waals surface area contributed by atoms with Crippen LogP contribution < -0.4 is 0 Å². The minimum atomic E-state index is -0.280. The van der Waals surface area contributed by atoms with Crippen LogP contribution >= 0.6 is 11.8 Å². The van der Waals surface area contributed by atoms with Crippen molar-refractivity contribution in [2.75, 3.05) is 13.1 Å². The molecule has 23 heavy (non-hydrogen) atoms.